The molecule has 0 unspecified atom stereocenters. The van der Waals surface area contributed by atoms with Crippen molar-refractivity contribution < 1.29 is 9.59 Å². The fraction of sp³-hybridized carbons (Fsp3) is 0.571. The van der Waals surface area contributed by atoms with Crippen LogP contribution in [0.4, 0.5) is 0 Å². The quantitative estimate of drug-likeness (QED) is 0.830. The van der Waals surface area contributed by atoms with E-state index in [2.05, 4.69) is 9.97 Å². The predicted octanol–water partition coefficient (Wildman–Crippen LogP) is -0.00310. The molecule has 112 valence electrons. The SMILES string of the molecule is O=C(c1ncc[nH]c1=O)N1CCN(C2CCCC2)C(=O)C1. The van der Waals surface area contributed by atoms with Gasteiger partial charge in [-0.15, -0.1) is 0 Å². The van der Waals surface area contributed by atoms with Crippen LogP contribution in [0.5, 0.6) is 0 Å². The number of aromatic amines is 1. The fourth-order valence-electron chi connectivity index (χ4n) is 3.12. The first-order valence-electron chi connectivity index (χ1n) is 7.29. The molecular formula is C14H18N4O3. The van der Waals surface area contributed by atoms with Gasteiger partial charge in [-0.3, -0.25) is 14.4 Å². The normalized spacial score (nSPS) is 20.1. The summed E-state index contributed by atoms with van der Waals surface area (Å²) in [4.78, 5) is 45.6. The first kappa shape index (κ1) is 13.8. The van der Waals surface area contributed by atoms with Crippen molar-refractivity contribution in [2.24, 2.45) is 0 Å². The largest absolute Gasteiger partial charge is 0.336 e. The number of carbonyl (C=O) groups excluding carboxylic acids is 2. The van der Waals surface area contributed by atoms with Gasteiger partial charge in [-0.25, -0.2) is 4.98 Å². The molecular weight excluding hydrogens is 272 g/mol. The Morgan fingerprint density at radius 1 is 1.24 bits per heavy atom. The second-order valence-electron chi connectivity index (χ2n) is 5.52. The lowest BCUT2D eigenvalue weighted by Gasteiger charge is -2.37. The molecule has 2 fully saturated rings. The minimum atomic E-state index is -0.520. The van der Waals surface area contributed by atoms with Gasteiger partial charge < -0.3 is 14.8 Å². The molecule has 0 aromatic carbocycles. The second kappa shape index (κ2) is 5.67. The molecule has 2 amide bonds. The van der Waals surface area contributed by atoms with Crippen LogP contribution in [0.25, 0.3) is 0 Å². The number of rotatable bonds is 2. The maximum Gasteiger partial charge on any atom is 0.279 e. The van der Waals surface area contributed by atoms with Crippen molar-refractivity contribution in [3.05, 3.63) is 28.4 Å². The third kappa shape index (κ3) is 2.68. The summed E-state index contributed by atoms with van der Waals surface area (Å²) < 4.78 is 0. The van der Waals surface area contributed by atoms with Gasteiger partial charge in [0.1, 0.15) is 6.54 Å². The third-order valence-electron chi connectivity index (χ3n) is 4.22. The van der Waals surface area contributed by atoms with Crippen molar-refractivity contribution in [3.8, 4) is 0 Å². The Kier molecular flexibility index (Phi) is 3.72. The predicted molar refractivity (Wildman–Crippen MR) is 74.7 cm³/mol. The molecule has 1 aliphatic heterocycles. The number of hydrogen-bond donors (Lipinski definition) is 1. The molecule has 1 saturated heterocycles. The molecule has 0 radical (unpaired) electrons. The highest BCUT2D eigenvalue weighted by molar-refractivity contribution is 5.95. The van der Waals surface area contributed by atoms with Crippen LogP contribution in [0.3, 0.4) is 0 Å². The Balaban J connectivity index is 1.69. The zero-order valence-electron chi connectivity index (χ0n) is 11.7. The van der Waals surface area contributed by atoms with Gasteiger partial charge in [-0.1, -0.05) is 12.8 Å². The topological polar surface area (TPSA) is 86.4 Å². The van der Waals surface area contributed by atoms with Gasteiger partial charge in [0.25, 0.3) is 11.5 Å². The molecule has 7 nitrogen and oxygen atoms in total. The zero-order valence-corrected chi connectivity index (χ0v) is 11.7. The van der Waals surface area contributed by atoms with E-state index in [0.717, 1.165) is 12.8 Å². The second-order valence-corrected chi connectivity index (χ2v) is 5.52. The summed E-state index contributed by atoms with van der Waals surface area (Å²) in [5.41, 5.74) is -0.673. The Labute approximate surface area is 122 Å². The van der Waals surface area contributed by atoms with E-state index in [4.69, 9.17) is 0 Å². The summed E-state index contributed by atoms with van der Waals surface area (Å²) in [5, 5.41) is 0. The smallest absolute Gasteiger partial charge is 0.279 e. The fourth-order valence-corrected chi connectivity index (χ4v) is 3.12. The molecule has 1 saturated carbocycles. The van der Waals surface area contributed by atoms with Crippen LogP contribution in [0.1, 0.15) is 36.2 Å². The van der Waals surface area contributed by atoms with Crippen LogP contribution in [-0.2, 0) is 4.79 Å². The molecule has 0 spiro atoms. The highest BCUT2D eigenvalue weighted by Gasteiger charge is 2.33. The van der Waals surface area contributed by atoms with Crippen molar-refractivity contribution in [1.82, 2.24) is 19.8 Å². The lowest BCUT2D eigenvalue weighted by atomic mass is 10.1. The van der Waals surface area contributed by atoms with Crippen molar-refractivity contribution in [2.45, 2.75) is 31.7 Å². The van der Waals surface area contributed by atoms with Crippen LogP contribution < -0.4 is 5.56 Å². The zero-order chi connectivity index (χ0) is 14.8. The average molecular weight is 290 g/mol. The highest BCUT2D eigenvalue weighted by atomic mass is 16.2. The average Bonchev–Trinajstić information content (AvgIpc) is 3.01. The van der Waals surface area contributed by atoms with E-state index in [-0.39, 0.29) is 18.1 Å². The van der Waals surface area contributed by atoms with Crippen LogP contribution in [-0.4, -0.2) is 57.3 Å². The summed E-state index contributed by atoms with van der Waals surface area (Å²) >= 11 is 0. The Bertz CT molecular complexity index is 606. The molecule has 2 aliphatic rings. The van der Waals surface area contributed by atoms with E-state index in [9.17, 15) is 14.4 Å². The standard InChI is InChI=1S/C14H18N4O3/c19-11-9-17(7-8-18(11)10-3-1-2-4-10)14(21)12-13(20)16-6-5-15-12/h5-6,10H,1-4,7-9H2,(H,16,20). The van der Waals surface area contributed by atoms with E-state index in [1.165, 1.54) is 30.1 Å². The molecule has 1 aromatic rings. The van der Waals surface area contributed by atoms with Crippen LogP contribution in [0.2, 0.25) is 0 Å². The van der Waals surface area contributed by atoms with E-state index >= 15 is 0 Å². The van der Waals surface area contributed by atoms with Gasteiger partial charge in [0.2, 0.25) is 5.91 Å². The Hall–Kier alpha value is -2.18. The van der Waals surface area contributed by atoms with Crippen LogP contribution in [0.15, 0.2) is 17.2 Å². The van der Waals surface area contributed by atoms with Crippen molar-refractivity contribution in [3.63, 3.8) is 0 Å². The number of nitrogens with one attached hydrogen (secondary N) is 1. The lowest BCUT2D eigenvalue weighted by molar-refractivity contribution is -0.137. The molecule has 7 heteroatoms. The number of carbonyl (C=O) groups is 2. The molecule has 0 atom stereocenters. The number of aromatic nitrogens is 2. The summed E-state index contributed by atoms with van der Waals surface area (Å²) in [7, 11) is 0. The minimum absolute atomic E-state index is 0.0331. The van der Waals surface area contributed by atoms with Crippen molar-refractivity contribution in [2.75, 3.05) is 19.6 Å². The van der Waals surface area contributed by atoms with Crippen molar-refractivity contribution in [1.29, 1.82) is 0 Å². The summed E-state index contributed by atoms with van der Waals surface area (Å²) in [6.07, 6.45) is 7.19. The summed E-state index contributed by atoms with van der Waals surface area (Å²) in [6, 6.07) is 0.327. The van der Waals surface area contributed by atoms with Crippen molar-refractivity contribution >= 4 is 11.8 Å². The molecule has 3 rings (SSSR count). The van der Waals surface area contributed by atoms with Crippen LogP contribution >= 0.6 is 0 Å². The molecule has 1 aliphatic carbocycles. The molecule has 0 bridgehead atoms. The first-order valence-corrected chi connectivity index (χ1v) is 7.29. The van der Waals surface area contributed by atoms with E-state index in [0.29, 0.717) is 19.1 Å². The summed E-state index contributed by atoms with van der Waals surface area (Å²) in [5.74, 6) is -0.509. The number of hydrogen-bond acceptors (Lipinski definition) is 4. The summed E-state index contributed by atoms with van der Waals surface area (Å²) in [6.45, 7) is 1.03. The van der Waals surface area contributed by atoms with Gasteiger partial charge >= 0.3 is 0 Å². The number of nitrogens with zero attached hydrogens (tertiary/aromatic N) is 3. The van der Waals surface area contributed by atoms with E-state index < -0.39 is 11.5 Å². The monoisotopic (exact) mass is 290 g/mol. The minimum Gasteiger partial charge on any atom is -0.336 e. The molecule has 1 N–H and O–H groups in total. The van der Waals surface area contributed by atoms with Gasteiger partial charge in [0.15, 0.2) is 5.69 Å². The molecule has 2 heterocycles. The highest BCUT2D eigenvalue weighted by Crippen LogP contribution is 2.24. The van der Waals surface area contributed by atoms with Gasteiger partial charge in [0, 0.05) is 31.5 Å². The van der Waals surface area contributed by atoms with E-state index in [1.54, 1.807) is 0 Å². The molecule has 1 aromatic heterocycles. The lowest BCUT2D eigenvalue weighted by Crippen LogP contribution is -2.55. The van der Waals surface area contributed by atoms with Crippen LogP contribution in [0, 0.1) is 0 Å². The number of piperazine rings is 1. The van der Waals surface area contributed by atoms with Gasteiger partial charge in [0.05, 0.1) is 0 Å². The Morgan fingerprint density at radius 3 is 2.67 bits per heavy atom. The third-order valence-corrected chi connectivity index (χ3v) is 4.22. The first-order chi connectivity index (χ1) is 10.2. The van der Waals surface area contributed by atoms with Gasteiger partial charge in [-0.05, 0) is 12.8 Å². The Morgan fingerprint density at radius 2 is 2.00 bits per heavy atom. The maximum atomic E-state index is 12.3. The van der Waals surface area contributed by atoms with Gasteiger partial charge in [-0.2, -0.15) is 0 Å². The molecule has 21 heavy (non-hydrogen) atoms. The maximum absolute atomic E-state index is 12.3. The number of H-pyrrole nitrogens is 1. The number of amides is 2. The van der Waals surface area contributed by atoms with E-state index in [1.807, 2.05) is 4.90 Å².